The molecule has 0 unspecified atom stereocenters. The standard InChI is InChI=1S/C18H17FN2O5S/c1-9-17(27(2,25)26)11(4-6-16(22)23)15(20-9)8-13-12-7-10(19)3-5-14(12)21-18(13)24/h3,5,7-8,20H,4,6H2,1-2H3,(H,21,24)(H,22,23)/b13-8-. The lowest BCUT2D eigenvalue weighted by atomic mass is 10.0. The maximum absolute atomic E-state index is 13.6. The summed E-state index contributed by atoms with van der Waals surface area (Å²) in [6.45, 7) is 1.56. The number of H-pyrrole nitrogens is 1. The Balaban J connectivity index is 2.18. The molecule has 0 saturated carbocycles. The Morgan fingerprint density at radius 2 is 2.04 bits per heavy atom. The van der Waals surface area contributed by atoms with Gasteiger partial charge in [-0.05, 0) is 43.2 Å². The van der Waals surface area contributed by atoms with Crippen molar-refractivity contribution in [3.05, 3.63) is 46.5 Å². The zero-order valence-corrected chi connectivity index (χ0v) is 15.4. The summed E-state index contributed by atoms with van der Waals surface area (Å²) < 4.78 is 37.9. The number of carbonyl (C=O) groups excluding carboxylic acids is 1. The summed E-state index contributed by atoms with van der Waals surface area (Å²) in [5.74, 6) is -2.03. The van der Waals surface area contributed by atoms with Gasteiger partial charge >= 0.3 is 5.97 Å². The first-order chi connectivity index (χ1) is 12.6. The predicted molar refractivity (Wildman–Crippen MR) is 97.5 cm³/mol. The number of hydrogen-bond acceptors (Lipinski definition) is 4. The summed E-state index contributed by atoms with van der Waals surface area (Å²) in [7, 11) is -3.62. The van der Waals surface area contributed by atoms with E-state index in [2.05, 4.69) is 10.3 Å². The second kappa shape index (κ2) is 6.66. The number of anilines is 1. The molecule has 1 amide bonds. The highest BCUT2D eigenvalue weighted by molar-refractivity contribution is 7.90. The minimum absolute atomic E-state index is 0.0217. The van der Waals surface area contributed by atoms with Crippen molar-refractivity contribution in [2.75, 3.05) is 11.6 Å². The van der Waals surface area contributed by atoms with Crippen molar-refractivity contribution < 1.29 is 27.5 Å². The van der Waals surface area contributed by atoms with Crippen molar-refractivity contribution in [3.8, 4) is 0 Å². The van der Waals surface area contributed by atoms with Crippen molar-refractivity contribution in [3.63, 3.8) is 0 Å². The first kappa shape index (κ1) is 18.8. The highest BCUT2D eigenvalue weighted by Gasteiger charge is 2.27. The lowest BCUT2D eigenvalue weighted by molar-refractivity contribution is -0.137. The van der Waals surface area contributed by atoms with Crippen LogP contribution in [-0.2, 0) is 25.8 Å². The third-order valence-electron chi connectivity index (χ3n) is 4.27. The quantitative estimate of drug-likeness (QED) is 0.676. The van der Waals surface area contributed by atoms with Crippen LogP contribution in [0.2, 0.25) is 0 Å². The van der Waals surface area contributed by atoms with Crippen molar-refractivity contribution in [2.24, 2.45) is 0 Å². The van der Waals surface area contributed by atoms with Gasteiger partial charge in [0.25, 0.3) is 5.91 Å². The number of amides is 1. The molecule has 1 aromatic carbocycles. The second-order valence-corrected chi connectivity index (χ2v) is 8.29. The number of nitrogens with one attached hydrogen (secondary N) is 2. The zero-order valence-electron chi connectivity index (χ0n) is 14.6. The molecule has 3 N–H and O–H groups in total. The number of halogens is 1. The van der Waals surface area contributed by atoms with E-state index in [0.717, 1.165) is 6.26 Å². The van der Waals surface area contributed by atoms with Crippen LogP contribution in [-0.4, -0.2) is 36.6 Å². The number of sulfone groups is 1. The minimum Gasteiger partial charge on any atom is -0.481 e. The summed E-state index contributed by atoms with van der Waals surface area (Å²) in [4.78, 5) is 26.2. The minimum atomic E-state index is -3.62. The van der Waals surface area contributed by atoms with Gasteiger partial charge in [0.2, 0.25) is 0 Å². The van der Waals surface area contributed by atoms with Crippen molar-refractivity contribution in [1.29, 1.82) is 0 Å². The van der Waals surface area contributed by atoms with E-state index < -0.39 is 27.5 Å². The number of aromatic amines is 1. The van der Waals surface area contributed by atoms with E-state index in [1.807, 2.05) is 0 Å². The van der Waals surface area contributed by atoms with E-state index in [9.17, 15) is 22.4 Å². The monoisotopic (exact) mass is 392 g/mol. The first-order valence-electron chi connectivity index (χ1n) is 8.04. The van der Waals surface area contributed by atoms with Gasteiger partial charge in [0.15, 0.2) is 9.84 Å². The molecule has 0 radical (unpaired) electrons. The number of benzene rings is 1. The Bertz CT molecular complexity index is 1100. The van der Waals surface area contributed by atoms with Gasteiger partial charge in [0.05, 0.1) is 10.5 Å². The van der Waals surface area contributed by atoms with Gasteiger partial charge in [-0.25, -0.2) is 12.8 Å². The number of fused-ring (bicyclic) bond motifs is 1. The third kappa shape index (κ3) is 3.63. The average Bonchev–Trinajstić information content (AvgIpc) is 3.02. The molecule has 0 bridgehead atoms. The molecule has 0 atom stereocenters. The fourth-order valence-electron chi connectivity index (χ4n) is 3.24. The summed E-state index contributed by atoms with van der Waals surface area (Å²) in [6.07, 6.45) is 2.17. The molecule has 0 saturated heterocycles. The number of rotatable bonds is 5. The van der Waals surface area contributed by atoms with E-state index in [1.165, 1.54) is 24.3 Å². The number of carboxylic acids is 1. The number of carboxylic acid groups (broad SMARTS) is 1. The van der Waals surface area contributed by atoms with Gasteiger partial charge in [-0.15, -0.1) is 0 Å². The molecule has 0 spiro atoms. The Morgan fingerprint density at radius 3 is 2.67 bits per heavy atom. The Hall–Kier alpha value is -2.94. The van der Waals surface area contributed by atoms with Crippen LogP contribution in [0.4, 0.5) is 10.1 Å². The number of aryl methyl sites for hydroxylation is 1. The van der Waals surface area contributed by atoms with Crippen LogP contribution in [0.5, 0.6) is 0 Å². The normalized spacial score (nSPS) is 15.1. The van der Waals surface area contributed by atoms with Gasteiger partial charge in [0.1, 0.15) is 5.82 Å². The van der Waals surface area contributed by atoms with Crippen LogP contribution < -0.4 is 5.32 Å². The third-order valence-corrected chi connectivity index (χ3v) is 5.57. The molecule has 0 fully saturated rings. The fourth-order valence-corrected chi connectivity index (χ4v) is 4.50. The fraction of sp³-hybridized carbons (Fsp3) is 0.222. The smallest absolute Gasteiger partial charge is 0.303 e. The Labute approximate surface area is 154 Å². The maximum atomic E-state index is 13.6. The molecule has 2 heterocycles. The van der Waals surface area contributed by atoms with Crippen LogP contribution in [0.25, 0.3) is 11.6 Å². The van der Waals surface area contributed by atoms with Gasteiger partial charge < -0.3 is 15.4 Å². The topological polar surface area (TPSA) is 116 Å². The van der Waals surface area contributed by atoms with Gasteiger partial charge in [-0.2, -0.15) is 0 Å². The number of carbonyl (C=O) groups is 2. The van der Waals surface area contributed by atoms with Gasteiger partial charge in [-0.3, -0.25) is 9.59 Å². The van der Waals surface area contributed by atoms with E-state index in [-0.39, 0.29) is 23.3 Å². The van der Waals surface area contributed by atoms with Crippen molar-refractivity contribution >= 4 is 39.1 Å². The number of hydrogen-bond donors (Lipinski definition) is 3. The molecule has 1 aliphatic heterocycles. The van der Waals surface area contributed by atoms with Crippen LogP contribution in [0.1, 0.15) is 28.9 Å². The maximum Gasteiger partial charge on any atom is 0.303 e. The Morgan fingerprint density at radius 1 is 1.33 bits per heavy atom. The van der Waals surface area contributed by atoms with Crippen LogP contribution >= 0.6 is 0 Å². The van der Waals surface area contributed by atoms with E-state index in [1.54, 1.807) is 6.92 Å². The lowest BCUT2D eigenvalue weighted by Crippen LogP contribution is -2.06. The molecule has 0 aliphatic carbocycles. The van der Waals surface area contributed by atoms with E-state index in [4.69, 9.17) is 5.11 Å². The molecule has 142 valence electrons. The molecule has 9 heteroatoms. The molecule has 27 heavy (non-hydrogen) atoms. The number of aromatic nitrogens is 1. The zero-order chi connectivity index (χ0) is 19.9. The molecule has 1 aliphatic rings. The van der Waals surface area contributed by atoms with Crippen LogP contribution in [0, 0.1) is 12.7 Å². The largest absolute Gasteiger partial charge is 0.481 e. The highest BCUT2D eigenvalue weighted by Crippen LogP contribution is 2.35. The van der Waals surface area contributed by atoms with Gasteiger partial charge in [-0.1, -0.05) is 0 Å². The summed E-state index contributed by atoms with van der Waals surface area (Å²) >= 11 is 0. The lowest BCUT2D eigenvalue weighted by Gasteiger charge is -2.04. The summed E-state index contributed by atoms with van der Waals surface area (Å²) in [5, 5.41) is 11.6. The molecule has 2 aromatic rings. The predicted octanol–water partition coefficient (Wildman–Crippen LogP) is 2.38. The molecular weight excluding hydrogens is 375 g/mol. The van der Waals surface area contributed by atoms with E-state index >= 15 is 0 Å². The molecule has 7 nitrogen and oxygen atoms in total. The summed E-state index contributed by atoms with van der Waals surface area (Å²) in [5.41, 5.74) is 1.94. The first-order valence-corrected chi connectivity index (χ1v) is 9.93. The molecule has 3 rings (SSSR count). The second-order valence-electron chi connectivity index (χ2n) is 6.34. The molecule has 1 aromatic heterocycles. The summed E-state index contributed by atoms with van der Waals surface area (Å²) in [6, 6.07) is 3.88. The molecular formula is C18H17FN2O5S. The van der Waals surface area contributed by atoms with Crippen LogP contribution in [0.3, 0.4) is 0 Å². The average molecular weight is 392 g/mol. The SMILES string of the molecule is Cc1[nH]c(/C=C2\C(=O)Nc3ccc(F)cc32)c(CCC(=O)O)c1S(C)(=O)=O. The Kier molecular flexibility index (Phi) is 4.64. The number of aliphatic carboxylic acids is 1. The van der Waals surface area contributed by atoms with Crippen molar-refractivity contribution in [1.82, 2.24) is 4.98 Å². The van der Waals surface area contributed by atoms with Crippen LogP contribution in [0.15, 0.2) is 23.1 Å². The van der Waals surface area contributed by atoms with Crippen molar-refractivity contribution in [2.45, 2.75) is 24.7 Å². The highest BCUT2D eigenvalue weighted by atomic mass is 32.2. The van der Waals surface area contributed by atoms with E-state index in [0.29, 0.717) is 28.2 Å². The van der Waals surface area contributed by atoms with Gasteiger partial charge in [0, 0.05) is 35.3 Å².